The topological polar surface area (TPSA) is 64.7 Å². The second kappa shape index (κ2) is 6.87. The van der Waals surface area contributed by atoms with E-state index in [0.717, 1.165) is 41.0 Å². The van der Waals surface area contributed by atoms with Crippen molar-refractivity contribution >= 4 is 27.5 Å². The summed E-state index contributed by atoms with van der Waals surface area (Å²) in [4.78, 5) is 20.1. The molecule has 1 aliphatic rings. The summed E-state index contributed by atoms with van der Waals surface area (Å²) in [6, 6.07) is 2.07. The number of nitrogens with one attached hydrogen (secondary N) is 1. The average Bonchev–Trinajstić information content (AvgIpc) is 3.14. The van der Waals surface area contributed by atoms with Gasteiger partial charge in [-0.05, 0) is 58.1 Å². The number of thiophene rings is 1. The van der Waals surface area contributed by atoms with Crippen molar-refractivity contribution in [1.29, 1.82) is 0 Å². The summed E-state index contributed by atoms with van der Waals surface area (Å²) in [6.07, 6.45) is 4.49. The lowest BCUT2D eigenvalue weighted by atomic mass is 9.97. The first-order valence-electron chi connectivity index (χ1n) is 9.38. The molecule has 3 aromatic heterocycles. The van der Waals surface area contributed by atoms with Crippen LogP contribution in [0.2, 0.25) is 0 Å². The van der Waals surface area contributed by atoms with Crippen molar-refractivity contribution in [2.24, 2.45) is 0 Å². The van der Waals surface area contributed by atoms with E-state index in [-0.39, 0.29) is 5.56 Å². The second-order valence-electron chi connectivity index (χ2n) is 6.95. The third kappa shape index (κ3) is 2.94. The molecule has 1 aliphatic carbocycles. The van der Waals surface area contributed by atoms with Gasteiger partial charge in [0.25, 0.3) is 5.56 Å². The predicted molar refractivity (Wildman–Crippen MR) is 106 cm³/mol. The molecule has 4 rings (SSSR count). The quantitative estimate of drug-likeness (QED) is 0.747. The molecule has 3 heterocycles. The van der Waals surface area contributed by atoms with Crippen molar-refractivity contribution in [1.82, 2.24) is 19.3 Å². The smallest absolute Gasteiger partial charge is 0.263 e. The molecule has 0 radical (unpaired) electrons. The normalized spacial score (nSPS) is 14.0. The van der Waals surface area contributed by atoms with Gasteiger partial charge in [-0.25, -0.2) is 4.98 Å². The van der Waals surface area contributed by atoms with E-state index in [1.54, 1.807) is 15.9 Å². The molecule has 0 aliphatic heterocycles. The van der Waals surface area contributed by atoms with Gasteiger partial charge in [0.05, 0.1) is 17.6 Å². The van der Waals surface area contributed by atoms with Crippen LogP contribution in [0.4, 0.5) is 5.95 Å². The van der Waals surface area contributed by atoms with Crippen LogP contribution in [-0.4, -0.2) is 25.9 Å². The minimum absolute atomic E-state index is 0.102. The zero-order valence-electron chi connectivity index (χ0n) is 15.6. The minimum Gasteiger partial charge on any atom is -0.354 e. The number of nitrogens with zero attached hydrogens (tertiary/aromatic N) is 4. The highest BCUT2D eigenvalue weighted by molar-refractivity contribution is 7.18. The maximum atomic E-state index is 13.1. The van der Waals surface area contributed by atoms with Crippen molar-refractivity contribution in [3.8, 4) is 0 Å². The molecule has 26 heavy (non-hydrogen) atoms. The van der Waals surface area contributed by atoms with E-state index < -0.39 is 0 Å². The highest BCUT2D eigenvalue weighted by atomic mass is 32.1. The predicted octanol–water partition coefficient (Wildman–Crippen LogP) is 3.28. The molecule has 3 aromatic rings. The van der Waals surface area contributed by atoms with Crippen molar-refractivity contribution in [2.75, 3.05) is 11.9 Å². The largest absolute Gasteiger partial charge is 0.354 e. The van der Waals surface area contributed by atoms with Crippen LogP contribution in [-0.2, 0) is 25.9 Å². The average molecular weight is 372 g/mol. The lowest BCUT2D eigenvalue weighted by molar-refractivity contribution is 0.609. The van der Waals surface area contributed by atoms with Crippen LogP contribution in [0, 0.1) is 13.8 Å². The molecule has 0 fully saturated rings. The van der Waals surface area contributed by atoms with Gasteiger partial charge in [-0.2, -0.15) is 5.10 Å². The molecule has 6 nitrogen and oxygen atoms in total. The van der Waals surface area contributed by atoms with Gasteiger partial charge < -0.3 is 5.32 Å². The number of anilines is 1. The molecular weight excluding hydrogens is 346 g/mol. The summed E-state index contributed by atoms with van der Waals surface area (Å²) < 4.78 is 3.75. The van der Waals surface area contributed by atoms with Crippen LogP contribution >= 0.6 is 11.3 Å². The Kier molecular flexibility index (Phi) is 4.56. The molecule has 0 atom stereocenters. The van der Waals surface area contributed by atoms with Gasteiger partial charge in [-0.15, -0.1) is 11.3 Å². The number of fused-ring (bicyclic) bond motifs is 3. The van der Waals surface area contributed by atoms with E-state index in [9.17, 15) is 4.79 Å². The van der Waals surface area contributed by atoms with Gasteiger partial charge in [0.1, 0.15) is 4.83 Å². The highest BCUT2D eigenvalue weighted by Crippen LogP contribution is 2.34. The van der Waals surface area contributed by atoms with E-state index in [1.165, 1.54) is 23.3 Å². The second-order valence-corrected chi connectivity index (χ2v) is 8.04. The fourth-order valence-corrected chi connectivity index (χ4v) is 5.09. The fraction of sp³-hybridized carbons (Fsp3) is 0.526. The molecule has 0 bridgehead atoms. The molecule has 138 valence electrons. The Balaban J connectivity index is 1.64. The van der Waals surface area contributed by atoms with Crippen molar-refractivity contribution < 1.29 is 0 Å². The van der Waals surface area contributed by atoms with Gasteiger partial charge in [0.2, 0.25) is 5.95 Å². The molecule has 7 heteroatoms. The zero-order valence-corrected chi connectivity index (χ0v) is 16.4. The van der Waals surface area contributed by atoms with E-state index in [1.807, 2.05) is 18.5 Å². The standard InChI is InChI=1S/C19H25N5OS/c1-4-23-18(25)16-14-7-5-6-8-15(14)26-17(16)21-19(23)20-9-10-24-13(3)11-12(2)22-24/h11H,4-10H2,1-3H3,(H,20,21). The van der Waals surface area contributed by atoms with E-state index in [2.05, 4.69) is 23.4 Å². The summed E-state index contributed by atoms with van der Waals surface area (Å²) in [5.74, 6) is 0.671. The Morgan fingerprint density at radius 1 is 1.27 bits per heavy atom. The lowest BCUT2D eigenvalue weighted by Gasteiger charge is -2.14. The molecule has 0 aromatic carbocycles. The summed E-state index contributed by atoms with van der Waals surface area (Å²) in [6.45, 7) is 8.11. The number of hydrogen-bond acceptors (Lipinski definition) is 5. The van der Waals surface area contributed by atoms with Crippen LogP contribution in [0.3, 0.4) is 0 Å². The van der Waals surface area contributed by atoms with E-state index >= 15 is 0 Å². The summed E-state index contributed by atoms with van der Waals surface area (Å²) in [5.41, 5.74) is 3.53. The Morgan fingerprint density at radius 2 is 2.08 bits per heavy atom. The Hall–Kier alpha value is -2.15. The van der Waals surface area contributed by atoms with Crippen molar-refractivity contribution in [2.45, 2.75) is 59.5 Å². The Morgan fingerprint density at radius 3 is 2.81 bits per heavy atom. The molecule has 0 saturated heterocycles. The molecule has 0 unspecified atom stereocenters. The third-order valence-electron chi connectivity index (χ3n) is 5.10. The molecule has 1 N–H and O–H groups in total. The van der Waals surface area contributed by atoms with Gasteiger partial charge in [-0.3, -0.25) is 14.0 Å². The molecular formula is C19H25N5OS. The summed E-state index contributed by atoms with van der Waals surface area (Å²) in [7, 11) is 0. The van der Waals surface area contributed by atoms with Crippen LogP contribution in [0.5, 0.6) is 0 Å². The third-order valence-corrected chi connectivity index (χ3v) is 6.29. The maximum absolute atomic E-state index is 13.1. The van der Waals surface area contributed by atoms with Crippen LogP contribution in [0.1, 0.15) is 41.6 Å². The van der Waals surface area contributed by atoms with Crippen molar-refractivity contribution in [3.63, 3.8) is 0 Å². The SMILES string of the molecule is CCn1c(NCCn2nc(C)cc2C)nc2sc3c(c2c1=O)CCCC3. The number of aromatic nitrogens is 4. The minimum atomic E-state index is 0.102. The van der Waals surface area contributed by atoms with Gasteiger partial charge >= 0.3 is 0 Å². The molecule has 0 spiro atoms. The summed E-state index contributed by atoms with van der Waals surface area (Å²) in [5, 5.41) is 8.70. The van der Waals surface area contributed by atoms with Crippen LogP contribution in [0.15, 0.2) is 10.9 Å². The molecule has 0 amide bonds. The number of rotatable bonds is 5. The number of aryl methyl sites for hydroxylation is 4. The number of hydrogen-bond donors (Lipinski definition) is 1. The van der Waals surface area contributed by atoms with Gasteiger partial charge in [0, 0.05) is 23.7 Å². The van der Waals surface area contributed by atoms with Crippen molar-refractivity contribution in [3.05, 3.63) is 38.2 Å². The van der Waals surface area contributed by atoms with E-state index in [4.69, 9.17) is 4.98 Å². The van der Waals surface area contributed by atoms with E-state index in [0.29, 0.717) is 19.0 Å². The first-order valence-corrected chi connectivity index (χ1v) is 10.2. The molecule has 0 saturated carbocycles. The highest BCUT2D eigenvalue weighted by Gasteiger charge is 2.21. The fourth-order valence-electron chi connectivity index (χ4n) is 3.84. The van der Waals surface area contributed by atoms with Crippen LogP contribution < -0.4 is 10.9 Å². The summed E-state index contributed by atoms with van der Waals surface area (Å²) >= 11 is 1.70. The zero-order chi connectivity index (χ0) is 18.3. The van der Waals surface area contributed by atoms with Gasteiger partial charge in [-0.1, -0.05) is 0 Å². The monoisotopic (exact) mass is 371 g/mol. The van der Waals surface area contributed by atoms with Crippen LogP contribution in [0.25, 0.3) is 10.2 Å². The maximum Gasteiger partial charge on any atom is 0.263 e. The lowest BCUT2D eigenvalue weighted by Crippen LogP contribution is -2.26. The van der Waals surface area contributed by atoms with Gasteiger partial charge in [0.15, 0.2) is 0 Å². The first kappa shape index (κ1) is 17.3. The first-order chi connectivity index (χ1) is 12.6. The Bertz CT molecular complexity index is 1010. The Labute approximate surface area is 156 Å².